The van der Waals surface area contributed by atoms with Gasteiger partial charge in [0.05, 0.1) is 18.3 Å². The number of nitrogens with zero attached hydrogens (tertiary/aromatic N) is 6. The van der Waals surface area contributed by atoms with Gasteiger partial charge < -0.3 is 5.32 Å². The molecule has 176 valence electrons. The summed E-state index contributed by atoms with van der Waals surface area (Å²) in [4.78, 5) is 29.5. The van der Waals surface area contributed by atoms with Crippen LogP contribution in [0.4, 0.5) is 23.4 Å². The molecule has 3 heterocycles. The molecule has 0 aliphatic heterocycles. The van der Waals surface area contributed by atoms with Crippen LogP contribution in [0.5, 0.6) is 0 Å². The minimum Gasteiger partial charge on any atom is -0.310 e. The van der Waals surface area contributed by atoms with Crippen molar-refractivity contribution < 1.29 is 22.4 Å². The SMILES string of the molecule is CCc1cnc(-c2cn3ncnc3c(CCC(F)(F)F)n2)nc1NC(=O)Cc1ccc(F)cc1. The molecule has 0 spiro atoms. The van der Waals surface area contributed by atoms with Gasteiger partial charge in [-0.25, -0.2) is 28.8 Å². The van der Waals surface area contributed by atoms with Crippen LogP contribution in [0.2, 0.25) is 0 Å². The van der Waals surface area contributed by atoms with Crippen LogP contribution < -0.4 is 5.32 Å². The number of halogens is 4. The molecule has 12 heteroatoms. The van der Waals surface area contributed by atoms with Crippen LogP contribution in [-0.2, 0) is 24.1 Å². The molecule has 8 nitrogen and oxygen atoms in total. The van der Waals surface area contributed by atoms with Gasteiger partial charge in [-0.1, -0.05) is 19.1 Å². The number of anilines is 1. The molecule has 1 aromatic carbocycles. The van der Waals surface area contributed by atoms with Gasteiger partial charge in [-0.3, -0.25) is 4.79 Å². The van der Waals surface area contributed by atoms with Gasteiger partial charge in [0, 0.05) is 24.6 Å². The first-order chi connectivity index (χ1) is 16.2. The van der Waals surface area contributed by atoms with Crippen LogP contribution in [-0.4, -0.2) is 41.6 Å². The Hall–Kier alpha value is -3.96. The van der Waals surface area contributed by atoms with Gasteiger partial charge >= 0.3 is 6.18 Å². The third-order valence-corrected chi connectivity index (χ3v) is 4.99. The van der Waals surface area contributed by atoms with Crippen LogP contribution >= 0.6 is 0 Å². The normalized spacial score (nSPS) is 11.7. The standard InChI is InChI=1S/C22H19F4N7O/c1-2-14-10-27-20(32-19(14)31-18(34)9-13-3-5-15(23)6-4-13)17-11-33-21(28-12-29-33)16(30-17)7-8-22(24,25)26/h3-6,10-12H,2,7-9H2,1H3,(H,27,31,32,34). The van der Waals surface area contributed by atoms with E-state index in [1.165, 1.54) is 47.5 Å². The molecule has 0 radical (unpaired) electrons. The number of aromatic nitrogens is 6. The summed E-state index contributed by atoms with van der Waals surface area (Å²) in [7, 11) is 0. The molecule has 1 amide bonds. The van der Waals surface area contributed by atoms with Gasteiger partial charge in [0.2, 0.25) is 5.91 Å². The van der Waals surface area contributed by atoms with Gasteiger partial charge in [0.15, 0.2) is 11.5 Å². The average molecular weight is 473 g/mol. The van der Waals surface area contributed by atoms with Crippen molar-refractivity contribution in [3.8, 4) is 11.5 Å². The Morgan fingerprint density at radius 2 is 1.88 bits per heavy atom. The summed E-state index contributed by atoms with van der Waals surface area (Å²) in [5.41, 5.74) is 1.80. The molecule has 0 aliphatic carbocycles. The van der Waals surface area contributed by atoms with E-state index in [1.807, 2.05) is 6.92 Å². The number of nitrogens with one attached hydrogen (secondary N) is 1. The van der Waals surface area contributed by atoms with E-state index >= 15 is 0 Å². The fourth-order valence-electron chi connectivity index (χ4n) is 3.29. The molecular formula is C22H19F4N7O. The predicted molar refractivity (Wildman–Crippen MR) is 114 cm³/mol. The van der Waals surface area contributed by atoms with Crippen LogP contribution in [0.25, 0.3) is 17.2 Å². The van der Waals surface area contributed by atoms with E-state index in [4.69, 9.17) is 0 Å². The lowest BCUT2D eigenvalue weighted by molar-refractivity contribution is -0.134. The number of hydrogen-bond acceptors (Lipinski definition) is 6. The largest absolute Gasteiger partial charge is 0.389 e. The molecule has 0 bridgehead atoms. The van der Waals surface area contributed by atoms with E-state index in [-0.39, 0.29) is 47.4 Å². The second-order valence-electron chi connectivity index (χ2n) is 7.49. The van der Waals surface area contributed by atoms with Crippen molar-refractivity contribution in [1.82, 2.24) is 29.5 Å². The highest BCUT2D eigenvalue weighted by Gasteiger charge is 2.28. The Labute approximate surface area is 191 Å². The molecule has 0 atom stereocenters. The van der Waals surface area contributed by atoms with Crippen LogP contribution in [0, 0.1) is 5.82 Å². The molecule has 0 saturated carbocycles. The Balaban J connectivity index is 1.63. The maximum absolute atomic E-state index is 13.1. The van der Waals surface area contributed by atoms with E-state index in [2.05, 4.69) is 30.4 Å². The third kappa shape index (κ3) is 5.50. The van der Waals surface area contributed by atoms with Crippen molar-refractivity contribution >= 4 is 17.4 Å². The van der Waals surface area contributed by atoms with E-state index in [1.54, 1.807) is 0 Å². The van der Waals surface area contributed by atoms with Crippen molar-refractivity contribution in [3.63, 3.8) is 0 Å². The van der Waals surface area contributed by atoms with Gasteiger partial charge in [-0.2, -0.15) is 18.3 Å². The van der Waals surface area contributed by atoms with Gasteiger partial charge in [-0.05, 0) is 24.1 Å². The number of amides is 1. The zero-order valence-corrected chi connectivity index (χ0v) is 18.0. The Bertz CT molecular complexity index is 1320. The minimum absolute atomic E-state index is 0.00747. The Kier molecular flexibility index (Phi) is 6.48. The lowest BCUT2D eigenvalue weighted by Crippen LogP contribution is -2.17. The van der Waals surface area contributed by atoms with Crippen LogP contribution in [0.1, 0.15) is 30.2 Å². The molecular weight excluding hydrogens is 454 g/mol. The monoisotopic (exact) mass is 473 g/mol. The molecule has 34 heavy (non-hydrogen) atoms. The number of hydrogen-bond donors (Lipinski definition) is 1. The highest BCUT2D eigenvalue weighted by atomic mass is 19.4. The highest BCUT2D eigenvalue weighted by molar-refractivity contribution is 5.92. The summed E-state index contributed by atoms with van der Waals surface area (Å²) in [6, 6.07) is 5.57. The zero-order chi connectivity index (χ0) is 24.3. The first kappa shape index (κ1) is 23.2. The Morgan fingerprint density at radius 3 is 2.59 bits per heavy atom. The molecule has 0 unspecified atom stereocenters. The zero-order valence-electron chi connectivity index (χ0n) is 18.0. The minimum atomic E-state index is -4.35. The summed E-state index contributed by atoms with van der Waals surface area (Å²) in [6.07, 6.45) is -1.05. The summed E-state index contributed by atoms with van der Waals surface area (Å²) in [5.74, 6) is -0.391. The molecule has 0 aliphatic rings. The number of aryl methyl sites for hydroxylation is 2. The Morgan fingerprint density at radius 1 is 1.12 bits per heavy atom. The maximum Gasteiger partial charge on any atom is 0.389 e. The topological polar surface area (TPSA) is 98.0 Å². The number of carbonyl (C=O) groups excluding carboxylic acids is 1. The third-order valence-electron chi connectivity index (χ3n) is 4.99. The summed E-state index contributed by atoms with van der Waals surface area (Å²) in [5, 5.41) is 6.73. The molecule has 3 aromatic heterocycles. The lowest BCUT2D eigenvalue weighted by Gasteiger charge is -2.12. The molecule has 0 saturated heterocycles. The van der Waals surface area contributed by atoms with E-state index in [0.717, 1.165) is 0 Å². The molecule has 4 rings (SSSR count). The number of rotatable bonds is 7. The fourth-order valence-corrected chi connectivity index (χ4v) is 3.29. The van der Waals surface area contributed by atoms with E-state index < -0.39 is 18.4 Å². The quantitative estimate of drug-likeness (QED) is 0.408. The van der Waals surface area contributed by atoms with Crippen molar-refractivity contribution in [1.29, 1.82) is 0 Å². The van der Waals surface area contributed by atoms with Crippen molar-refractivity contribution in [3.05, 3.63) is 65.6 Å². The molecule has 1 N–H and O–H groups in total. The predicted octanol–water partition coefficient (Wildman–Crippen LogP) is 3.96. The average Bonchev–Trinajstić information content (AvgIpc) is 3.27. The summed E-state index contributed by atoms with van der Waals surface area (Å²) in [6.45, 7) is 1.86. The smallest absolute Gasteiger partial charge is 0.310 e. The summed E-state index contributed by atoms with van der Waals surface area (Å²) < 4.78 is 52.7. The van der Waals surface area contributed by atoms with Gasteiger partial charge in [0.25, 0.3) is 0 Å². The molecule has 4 aromatic rings. The summed E-state index contributed by atoms with van der Waals surface area (Å²) >= 11 is 0. The number of benzene rings is 1. The van der Waals surface area contributed by atoms with Crippen molar-refractivity contribution in [2.24, 2.45) is 0 Å². The van der Waals surface area contributed by atoms with Crippen molar-refractivity contribution in [2.45, 2.75) is 38.8 Å². The lowest BCUT2D eigenvalue weighted by atomic mass is 10.1. The maximum atomic E-state index is 13.1. The number of carbonyl (C=O) groups is 1. The van der Waals surface area contributed by atoms with Crippen molar-refractivity contribution in [2.75, 3.05) is 5.32 Å². The number of alkyl halides is 3. The highest BCUT2D eigenvalue weighted by Crippen LogP contribution is 2.25. The van der Waals surface area contributed by atoms with Gasteiger partial charge in [0.1, 0.15) is 23.7 Å². The second kappa shape index (κ2) is 9.49. The van der Waals surface area contributed by atoms with Crippen LogP contribution in [0.3, 0.4) is 0 Å². The van der Waals surface area contributed by atoms with Gasteiger partial charge in [-0.15, -0.1) is 0 Å². The molecule has 0 fully saturated rings. The number of fused-ring (bicyclic) bond motifs is 1. The first-order valence-corrected chi connectivity index (χ1v) is 10.4. The van der Waals surface area contributed by atoms with E-state index in [9.17, 15) is 22.4 Å². The first-order valence-electron chi connectivity index (χ1n) is 10.4. The van der Waals surface area contributed by atoms with Crippen LogP contribution in [0.15, 0.2) is 43.0 Å². The fraction of sp³-hybridized carbons (Fsp3) is 0.273. The second-order valence-corrected chi connectivity index (χ2v) is 7.49. The van der Waals surface area contributed by atoms with E-state index in [0.29, 0.717) is 17.5 Å².